The summed E-state index contributed by atoms with van der Waals surface area (Å²) in [7, 11) is 0. The molecular formula is C15H24. The van der Waals surface area contributed by atoms with Crippen LogP contribution >= 0.6 is 0 Å². The first-order valence-electron chi connectivity index (χ1n) is 6.69. The lowest BCUT2D eigenvalue weighted by Gasteiger charge is -2.30. The van der Waals surface area contributed by atoms with E-state index in [9.17, 15) is 0 Å². The molecule has 0 aliphatic heterocycles. The Bertz CT molecular complexity index is 312. The van der Waals surface area contributed by atoms with Gasteiger partial charge in [-0.15, -0.1) is 0 Å². The van der Waals surface area contributed by atoms with Gasteiger partial charge in [-0.25, -0.2) is 0 Å². The van der Waals surface area contributed by atoms with E-state index in [1.807, 2.05) is 0 Å². The molecule has 0 saturated heterocycles. The Hall–Kier alpha value is -0.260. The zero-order chi connectivity index (χ0) is 10.8. The van der Waals surface area contributed by atoms with Crippen LogP contribution in [-0.2, 0) is 0 Å². The van der Waals surface area contributed by atoms with E-state index in [2.05, 4.69) is 33.8 Å². The fourth-order valence-electron chi connectivity index (χ4n) is 4.92. The molecule has 3 rings (SSSR count). The highest BCUT2D eigenvalue weighted by Crippen LogP contribution is 2.65. The fraction of sp³-hybridized carbons (Fsp3) is 0.867. The summed E-state index contributed by atoms with van der Waals surface area (Å²) in [6.45, 7) is 9.79. The molecule has 0 unspecified atom stereocenters. The van der Waals surface area contributed by atoms with E-state index in [1.54, 1.807) is 5.57 Å². The number of hydrogen-bond donors (Lipinski definition) is 0. The summed E-state index contributed by atoms with van der Waals surface area (Å²) in [5.74, 6) is 4.74. The monoisotopic (exact) mass is 204 g/mol. The van der Waals surface area contributed by atoms with Gasteiger partial charge in [0.15, 0.2) is 0 Å². The van der Waals surface area contributed by atoms with Gasteiger partial charge in [0.1, 0.15) is 0 Å². The van der Waals surface area contributed by atoms with E-state index in [1.165, 1.54) is 19.3 Å². The highest BCUT2D eigenvalue weighted by Gasteiger charge is 2.57. The summed E-state index contributed by atoms with van der Waals surface area (Å²) in [6, 6.07) is 0. The van der Waals surface area contributed by atoms with Crippen LogP contribution in [0.3, 0.4) is 0 Å². The Kier molecular flexibility index (Phi) is 1.92. The third kappa shape index (κ3) is 1.20. The smallest absolute Gasteiger partial charge is 0.0166 e. The molecule has 3 aliphatic carbocycles. The van der Waals surface area contributed by atoms with Crippen LogP contribution < -0.4 is 0 Å². The van der Waals surface area contributed by atoms with Crippen LogP contribution in [0.4, 0.5) is 0 Å². The first-order valence-corrected chi connectivity index (χ1v) is 6.69. The average molecular weight is 204 g/mol. The van der Waals surface area contributed by atoms with Gasteiger partial charge < -0.3 is 0 Å². The standard InChI is InChI=1S/C15H24/c1-9(2)13-8-15(4)7-11-6-14(15)12(13)5-10(11)3/h5,9,11-14H,6-8H2,1-4H3/t11-,12-,13+,14-,15+/m1/s1. The molecule has 0 N–H and O–H groups in total. The Morgan fingerprint density at radius 1 is 1.33 bits per heavy atom. The summed E-state index contributed by atoms with van der Waals surface area (Å²) in [5, 5.41) is 0. The molecule has 0 spiro atoms. The maximum atomic E-state index is 2.65. The average Bonchev–Trinajstić information content (AvgIpc) is 2.56. The van der Waals surface area contributed by atoms with Crippen LogP contribution in [0, 0.1) is 35.0 Å². The molecule has 0 aromatic rings. The minimum Gasteiger partial charge on any atom is -0.0816 e. The number of hydrogen-bond acceptors (Lipinski definition) is 0. The SMILES string of the molecule is CC1=C[C@H]2[C@H]3C[C@@H]1C[C@@]3(C)C[C@H]2C(C)C. The molecule has 2 bridgehead atoms. The Morgan fingerprint density at radius 2 is 2.07 bits per heavy atom. The van der Waals surface area contributed by atoms with Crippen LogP contribution in [0.1, 0.15) is 47.0 Å². The van der Waals surface area contributed by atoms with Crippen molar-refractivity contribution in [2.75, 3.05) is 0 Å². The van der Waals surface area contributed by atoms with Gasteiger partial charge in [-0.05, 0) is 61.2 Å². The van der Waals surface area contributed by atoms with E-state index < -0.39 is 0 Å². The van der Waals surface area contributed by atoms with Crippen molar-refractivity contribution in [2.24, 2.45) is 35.0 Å². The maximum absolute atomic E-state index is 2.65. The van der Waals surface area contributed by atoms with Crippen molar-refractivity contribution in [2.45, 2.75) is 47.0 Å². The van der Waals surface area contributed by atoms with Gasteiger partial charge in [-0.1, -0.05) is 32.4 Å². The van der Waals surface area contributed by atoms with E-state index in [4.69, 9.17) is 0 Å². The van der Waals surface area contributed by atoms with Gasteiger partial charge in [-0.2, -0.15) is 0 Å². The van der Waals surface area contributed by atoms with Crippen molar-refractivity contribution in [1.82, 2.24) is 0 Å². The molecule has 2 fully saturated rings. The first kappa shape index (κ1) is 9.93. The molecule has 0 aromatic carbocycles. The third-order valence-electron chi connectivity index (χ3n) is 5.76. The maximum Gasteiger partial charge on any atom is -0.0166 e. The number of allylic oxidation sites excluding steroid dienone is 2. The summed E-state index contributed by atoms with van der Waals surface area (Å²) in [5.41, 5.74) is 2.41. The molecule has 15 heavy (non-hydrogen) atoms. The van der Waals surface area contributed by atoms with Gasteiger partial charge in [0.05, 0.1) is 0 Å². The molecular weight excluding hydrogens is 180 g/mol. The van der Waals surface area contributed by atoms with Crippen LogP contribution in [0.5, 0.6) is 0 Å². The van der Waals surface area contributed by atoms with Crippen molar-refractivity contribution < 1.29 is 0 Å². The van der Waals surface area contributed by atoms with Crippen molar-refractivity contribution >= 4 is 0 Å². The predicted molar refractivity (Wildman–Crippen MR) is 64.5 cm³/mol. The molecule has 0 heteroatoms. The minimum atomic E-state index is 0.693. The Labute approximate surface area is 94.1 Å². The fourth-order valence-corrected chi connectivity index (χ4v) is 4.92. The second kappa shape index (κ2) is 2.90. The van der Waals surface area contributed by atoms with Crippen LogP contribution in [0.15, 0.2) is 11.6 Å². The summed E-state index contributed by atoms with van der Waals surface area (Å²) < 4.78 is 0. The molecule has 5 atom stereocenters. The van der Waals surface area contributed by atoms with Crippen molar-refractivity contribution in [1.29, 1.82) is 0 Å². The van der Waals surface area contributed by atoms with Crippen LogP contribution in [-0.4, -0.2) is 0 Å². The van der Waals surface area contributed by atoms with Gasteiger partial charge in [0.25, 0.3) is 0 Å². The number of rotatable bonds is 1. The molecule has 0 nitrogen and oxygen atoms in total. The molecule has 0 heterocycles. The topological polar surface area (TPSA) is 0 Å². The van der Waals surface area contributed by atoms with Crippen molar-refractivity contribution in [3.8, 4) is 0 Å². The van der Waals surface area contributed by atoms with Gasteiger partial charge >= 0.3 is 0 Å². The largest absolute Gasteiger partial charge is 0.0816 e. The van der Waals surface area contributed by atoms with E-state index in [0.717, 1.165) is 29.6 Å². The number of fused-ring (bicyclic) bond motifs is 1. The minimum absolute atomic E-state index is 0.693. The van der Waals surface area contributed by atoms with E-state index in [0.29, 0.717) is 5.41 Å². The zero-order valence-electron chi connectivity index (χ0n) is 10.6. The summed E-state index contributed by atoms with van der Waals surface area (Å²) >= 11 is 0. The van der Waals surface area contributed by atoms with E-state index in [-0.39, 0.29) is 0 Å². The predicted octanol–water partition coefficient (Wildman–Crippen LogP) is 4.27. The lowest BCUT2D eigenvalue weighted by atomic mass is 9.75. The highest BCUT2D eigenvalue weighted by molar-refractivity contribution is 5.23. The lowest BCUT2D eigenvalue weighted by Crippen LogP contribution is -2.22. The molecule has 0 aromatic heterocycles. The Balaban J connectivity index is 2.01. The molecule has 2 saturated carbocycles. The second-order valence-corrected chi connectivity index (χ2v) is 7.00. The second-order valence-electron chi connectivity index (χ2n) is 7.00. The van der Waals surface area contributed by atoms with Crippen LogP contribution in [0.25, 0.3) is 0 Å². The normalized spacial score (nSPS) is 52.5. The molecule has 3 aliphatic rings. The molecule has 0 radical (unpaired) electrons. The third-order valence-corrected chi connectivity index (χ3v) is 5.76. The van der Waals surface area contributed by atoms with Gasteiger partial charge in [0.2, 0.25) is 0 Å². The molecule has 0 amide bonds. The quantitative estimate of drug-likeness (QED) is 0.559. The first-order chi connectivity index (χ1) is 7.01. The van der Waals surface area contributed by atoms with Crippen molar-refractivity contribution in [3.05, 3.63) is 11.6 Å². The lowest BCUT2D eigenvalue weighted by molar-refractivity contribution is 0.258. The molecule has 84 valence electrons. The van der Waals surface area contributed by atoms with Crippen molar-refractivity contribution in [3.63, 3.8) is 0 Å². The van der Waals surface area contributed by atoms with Crippen LogP contribution in [0.2, 0.25) is 0 Å². The summed E-state index contributed by atoms with van der Waals surface area (Å²) in [6.07, 6.45) is 7.15. The van der Waals surface area contributed by atoms with Gasteiger partial charge in [0, 0.05) is 0 Å². The zero-order valence-corrected chi connectivity index (χ0v) is 10.6. The summed E-state index contributed by atoms with van der Waals surface area (Å²) in [4.78, 5) is 0. The van der Waals surface area contributed by atoms with E-state index >= 15 is 0 Å². The highest BCUT2D eigenvalue weighted by atomic mass is 14.6. The Morgan fingerprint density at radius 3 is 2.73 bits per heavy atom. The van der Waals surface area contributed by atoms with Gasteiger partial charge in [-0.3, -0.25) is 0 Å².